The smallest absolute Gasteiger partial charge is 0.363 e. The van der Waals surface area contributed by atoms with E-state index in [-0.39, 0.29) is 22.3 Å². The Hall–Kier alpha value is -3.10. The second-order valence-corrected chi connectivity index (χ2v) is 7.98. The Morgan fingerprint density at radius 2 is 1.97 bits per heavy atom. The first-order chi connectivity index (χ1) is 14.1. The molecule has 9 heteroatoms. The van der Waals surface area contributed by atoms with E-state index in [9.17, 15) is 19.3 Å². The lowest BCUT2D eigenvalue weighted by molar-refractivity contribution is -0.150. The van der Waals surface area contributed by atoms with Crippen molar-refractivity contribution in [3.8, 4) is 0 Å². The molecule has 156 valence electrons. The Kier molecular flexibility index (Phi) is 6.00. The molecule has 1 aliphatic heterocycles. The van der Waals surface area contributed by atoms with E-state index in [4.69, 9.17) is 16.3 Å². The quantitative estimate of drug-likeness (QED) is 0.457. The average molecular weight is 432 g/mol. The van der Waals surface area contributed by atoms with Gasteiger partial charge in [0.15, 0.2) is 0 Å². The Morgan fingerprint density at radius 3 is 2.60 bits per heavy atom. The fraction of sp³-hybridized carbons (Fsp3) is 0.238. The van der Waals surface area contributed by atoms with Crippen LogP contribution in [0.5, 0.6) is 0 Å². The Bertz CT molecular complexity index is 1170. The fourth-order valence-corrected chi connectivity index (χ4v) is 3.11. The van der Waals surface area contributed by atoms with E-state index in [1.807, 2.05) is 0 Å². The molecule has 2 aromatic rings. The van der Waals surface area contributed by atoms with Crippen LogP contribution in [-0.4, -0.2) is 28.4 Å². The minimum Gasteiger partial charge on any atom is -0.455 e. The monoisotopic (exact) mass is 431 g/mol. The molecule has 0 aromatic heterocycles. The van der Waals surface area contributed by atoms with Crippen molar-refractivity contribution in [1.29, 1.82) is 0 Å². The van der Waals surface area contributed by atoms with Gasteiger partial charge in [-0.1, -0.05) is 23.7 Å². The van der Waals surface area contributed by atoms with Gasteiger partial charge in [0.25, 0.3) is 0 Å². The normalized spacial score (nSPS) is 15.7. The van der Waals surface area contributed by atoms with Crippen molar-refractivity contribution in [2.45, 2.75) is 26.4 Å². The molecule has 0 fully saturated rings. The number of carbonyl (C=O) groups excluding carboxylic acids is 1. The minimum absolute atomic E-state index is 0.0822. The molecule has 0 bridgehead atoms. The van der Waals surface area contributed by atoms with Gasteiger partial charge in [-0.15, -0.1) is 4.91 Å². The van der Waals surface area contributed by atoms with Crippen LogP contribution in [0.4, 0.5) is 4.39 Å². The molecular formula is C21H19ClFN3O4. The van der Waals surface area contributed by atoms with Crippen LogP contribution in [-0.2, 0) is 9.53 Å². The lowest BCUT2D eigenvalue weighted by Gasteiger charge is -2.21. The maximum absolute atomic E-state index is 14.5. The van der Waals surface area contributed by atoms with Gasteiger partial charge >= 0.3 is 5.97 Å². The number of nitrogens with zero attached hydrogens (tertiary/aromatic N) is 3. The summed E-state index contributed by atoms with van der Waals surface area (Å²) in [5.41, 5.74) is -1.40. The van der Waals surface area contributed by atoms with Crippen molar-refractivity contribution in [3.63, 3.8) is 0 Å². The van der Waals surface area contributed by atoms with Crippen molar-refractivity contribution in [1.82, 2.24) is 5.06 Å². The summed E-state index contributed by atoms with van der Waals surface area (Å²) in [6.07, 6.45) is 0. The molecule has 7 nitrogen and oxygen atoms in total. The van der Waals surface area contributed by atoms with Gasteiger partial charge in [-0.3, -0.25) is 5.21 Å². The minimum atomic E-state index is -0.977. The zero-order chi connectivity index (χ0) is 22.1. The summed E-state index contributed by atoms with van der Waals surface area (Å²) in [7, 11) is 0. The number of hydroxylamine groups is 2. The molecule has 0 amide bonds. The highest BCUT2D eigenvalue weighted by atomic mass is 35.5. The van der Waals surface area contributed by atoms with E-state index in [2.05, 4.69) is 10.2 Å². The van der Waals surface area contributed by atoms with Crippen LogP contribution in [0.1, 0.15) is 26.3 Å². The molecule has 3 rings (SSSR count). The van der Waals surface area contributed by atoms with Gasteiger partial charge in [-0.25, -0.2) is 19.2 Å². The van der Waals surface area contributed by atoms with Crippen molar-refractivity contribution in [2.75, 3.05) is 6.54 Å². The summed E-state index contributed by atoms with van der Waals surface area (Å²) in [5, 5.41) is 15.2. The van der Waals surface area contributed by atoms with Crippen molar-refractivity contribution in [2.24, 2.45) is 10.2 Å². The summed E-state index contributed by atoms with van der Waals surface area (Å²) < 4.78 is 19.8. The van der Waals surface area contributed by atoms with Crippen LogP contribution in [0.3, 0.4) is 0 Å². The predicted octanol–water partition coefficient (Wildman–Crippen LogP) is 3.28. The van der Waals surface area contributed by atoms with Gasteiger partial charge in [-0.2, -0.15) is 0 Å². The SMILES string of the molecule is CC(C)(C)OC(=O)/C(N=O)=C1/CN(O)C(c2ccccc2F)=c2cc(Cl)ccc2=N1. The van der Waals surface area contributed by atoms with E-state index in [1.165, 1.54) is 30.3 Å². The van der Waals surface area contributed by atoms with Crippen LogP contribution >= 0.6 is 11.6 Å². The van der Waals surface area contributed by atoms with Crippen LogP contribution in [0.25, 0.3) is 5.70 Å². The number of hydrogen-bond acceptors (Lipinski definition) is 7. The summed E-state index contributed by atoms with van der Waals surface area (Å²) in [4.78, 5) is 28.3. The first-order valence-corrected chi connectivity index (χ1v) is 9.38. The molecule has 0 radical (unpaired) electrons. The lowest BCUT2D eigenvalue weighted by Crippen LogP contribution is -2.32. The number of hydrogen-bond donors (Lipinski definition) is 1. The molecule has 1 aliphatic rings. The second-order valence-electron chi connectivity index (χ2n) is 7.55. The molecule has 1 N–H and O–H groups in total. The number of carbonyl (C=O) groups is 1. The fourth-order valence-electron chi connectivity index (χ4n) is 2.94. The Morgan fingerprint density at radius 1 is 1.27 bits per heavy atom. The highest BCUT2D eigenvalue weighted by Crippen LogP contribution is 2.23. The molecular weight excluding hydrogens is 413 g/mol. The third-order valence-corrected chi connectivity index (χ3v) is 4.35. The van der Waals surface area contributed by atoms with Crippen molar-refractivity contribution in [3.05, 3.63) is 85.7 Å². The number of nitroso groups, excluding NO2 is 1. The van der Waals surface area contributed by atoms with E-state index in [0.717, 1.165) is 0 Å². The van der Waals surface area contributed by atoms with Gasteiger partial charge in [0.2, 0.25) is 5.70 Å². The Labute approximate surface area is 176 Å². The molecule has 30 heavy (non-hydrogen) atoms. The first kappa shape index (κ1) is 21.6. The van der Waals surface area contributed by atoms with Gasteiger partial charge in [0.05, 0.1) is 23.3 Å². The van der Waals surface area contributed by atoms with Crippen molar-refractivity contribution >= 4 is 23.3 Å². The van der Waals surface area contributed by atoms with Gasteiger partial charge < -0.3 is 4.74 Å². The highest BCUT2D eigenvalue weighted by molar-refractivity contribution is 6.30. The molecule has 1 heterocycles. The number of rotatable bonds is 3. The van der Waals surface area contributed by atoms with Crippen LogP contribution < -0.4 is 10.6 Å². The third-order valence-electron chi connectivity index (χ3n) is 4.11. The zero-order valence-corrected chi connectivity index (χ0v) is 17.3. The van der Waals surface area contributed by atoms with Gasteiger partial charge in [0.1, 0.15) is 11.4 Å². The largest absolute Gasteiger partial charge is 0.455 e. The number of ether oxygens (including phenoxy) is 1. The molecule has 2 aromatic carbocycles. The van der Waals surface area contributed by atoms with Gasteiger partial charge in [-0.05, 0) is 56.3 Å². The number of fused-ring (bicyclic) bond motifs is 1. The first-order valence-electron chi connectivity index (χ1n) is 9.00. The average Bonchev–Trinajstić information content (AvgIpc) is 2.77. The molecule has 0 saturated carbocycles. The number of benzene rings is 2. The maximum atomic E-state index is 14.5. The van der Waals surface area contributed by atoms with E-state index < -0.39 is 29.6 Å². The van der Waals surface area contributed by atoms with Crippen molar-refractivity contribution < 1.29 is 19.1 Å². The maximum Gasteiger partial charge on any atom is 0.363 e. The van der Waals surface area contributed by atoms with Crippen LogP contribution in [0.2, 0.25) is 5.02 Å². The standard InChI is InChI=1S/C21H19ClFN3O4/c1-21(2,3)30-20(27)18(25-28)17-11-26(29)19(13-6-4-5-7-15(13)23)14-10-12(22)8-9-16(14)24-17/h4-10,29H,11H2,1-3H3/b18-17+. The highest BCUT2D eigenvalue weighted by Gasteiger charge is 2.27. The Balaban J connectivity index is 2.31. The summed E-state index contributed by atoms with van der Waals surface area (Å²) >= 11 is 6.12. The summed E-state index contributed by atoms with van der Waals surface area (Å²) in [6.45, 7) is 4.52. The molecule has 0 saturated heterocycles. The lowest BCUT2D eigenvalue weighted by atomic mass is 10.1. The molecule has 0 spiro atoms. The van der Waals surface area contributed by atoms with E-state index >= 15 is 0 Å². The topological polar surface area (TPSA) is 91.6 Å². The van der Waals surface area contributed by atoms with E-state index in [0.29, 0.717) is 15.3 Å². The molecule has 0 unspecified atom stereocenters. The second kappa shape index (κ2) is 8.33. The zero-order valence-electron chi connectivity index (χ0n) is 16.5. The summed E-state index contributed by atoms with van der Waals surface area (Å²) in [5.74, 6) is -1.56. The van der Waals surface area contributed by atoms with Gasteiger partial charge in [0, 0.05) is 15.8 Å². The predicted molar refractivity (Wildman–Crippen MR) is 108 cm³/mol. The number of esters is 1. The third kappa shape index (κ3) is 4.55. The molecule has 0 atom stereocenters. The van der Waals surface area contributed by atoms with Crippen LogP contribution in [0, 0.1) is 10.7 Å². The van der Waals surface area contributed by atoms with E-state index in [1.54, 1.807) is 32.9 Å². The summed E-state index contributed by atoms with van der Waals surface area (Å²) in [6, 6.07) is 10.5. The molecule has 0 aliphatic carbocycles. The number of halogens is 2. The van der Waals surface area contributed by atoms with Crippen LogP contribution in [0.15, 0.2) is 64.0 Å².